The minimum absolute atomic E-state index is 0.370. The molecule has 0 radical (unpaired) electrons. The van der Waals surface area contributed by atoms with Crippen molar-refractivity contribution in [3.8, 4) is 11.8 Å². The molecular weight excluding hydrogens is 300 g/mol. The molecule has 0 saturated carbocycles. The number of furan rings is 1. The SMILES string of the molecule is Cc1ccc(C#Cc2cccc3cc(C[C@H](C)C(=O)O)oc23)cc1. The van der Waals surface area contributed by atoms with Gasteiger partial charge in [-0.1, -0.05) is 48.6 Å². The van der Waals surface area contributed by atoms with Crippen LogP contribution >= 0.6 is 0 Å². The van der Waals surface area contributed by atoms with Gasteiger partial charge in [-0.15, -0.1) is 0 Å². The lowest BCUT2D eigenvalue weighted by molar-refractivity contribution is -0.141. The summed E-state index contributed by atoms with van der Waals surface area (Å²) in [6, 6.07) is 15.7. The van der Waals surface area contributed by atoms with Crippen molar-refractivity contribution >= 4 is 16.9 Å². The van der Waals surface area contributed by atoms with Gasteiger partial charge in [0.1, 0.15) is 11.3 Å². The summed E-state index contributed by atoms with van der Waals surface area (Å²) < 4.78 is 5.86. The summed E-state index contributed by atoms with van der Waals surface area (Å²) in [5, 5.41) is 9.98. The van der Waals surface area contributed by atoms with E-state index < -0.39 is 11.9 Å². The highest BCUT2D eigenvalue weighted by atomic mass is 16.4. The Morgan fingerprint density at radius 3 is 2.62 bits per heavy atom. The van der Waals surface area contributed by atoms with E-state index in [9.17, 15) is 4.79 Å². The van der Waals surface area contributed by atoms with E-state index >= 15 is 0 Å². The van der Waals surface area contributed by atoms with E-state index in [0.717, 1.165) is 16.5 Å². The molecule has 0 aliphatic heterocycles. The van der Waals surface area contributed by atoms with Crippen molar-refractivity contribution in [1.29, 1.82) is 0 Å². The Morgan fingerprint density at radius 1 is 1.17 bits per heavy atom. The van der Waals surface area contributed by atoms with E-state index in [0.29, 0.717) is 17.8 Å². The summed E-state index contributed by atoms with van der Waals surface area (Å²) >= 11 is 0. The van der Waals surface area contributed by atoms with Crippen molar-refractivity contribution in [3.05, 3.63) is 71.0 Å². The molecular formula is C21H18O3. The van der Waals surface area contributed by atoms with Gasteiger partial charge in [-0.2, -0.15) is 0 Å². The van der Waals surface area contributed by atoms with Crippen LogP contribution in [0.15, 0.2) is 52.9 Å². The zero-order valence-electron chi connectivity index (χ0n) is 13.7. The summed E-state index contributed by atoms with van der Waals surface area (Å²) in [7, 11) is 0. The Balaban J connectivity index is 1.93. The molecule has 1 atom stereocenters. The topological polar surface area (TPSA) is 50.4 Å². The molecule has 120 valence electrons. The lowest BCUT2D eigenvalue weighted by Crippen LogP contribution is -2.11. The van der Waals surface area contributed by atoms with Gasteiger partial charge in [0.25, 0.3) is 0 Å². The van der Waals surface area contributed by atoms with E-state index in [1.807, 2.05) is 55.5 Å². The smallest absolute Gasteiger partial charge is 0.306 e. The number of carboxylic acids is 1. The fourth-order valence-corrected chi connectivity index (χ4v) is 2.48. The Morgan fingerprint density at radius 2 is 1.92 bits per heavy atom. The third kappa shape index (κ3) is 3.49. The first-order valence-corrected chi connectivity index (χ1v) is 7.86. The van der Waals surface area contributed by atoms with Crippen LogP contribution in [0.2, 0.25) is 0 Å². The number of carbonyl (C=O) groups is 1. The Labute approximate surface area is 140 Å². The summed E-state index contributed by atoms with van der Waals surface area (Å²) in [5.74, 6) is 5.66. The van der Waals surface area contributed by atoms with E-state index in [1.54, 1.807) is 6.92 Å². The number of carboxylic acid groups (broad SMARTS) is 1. The average molecular weight is 318 g/mol. The van der Waals surface area contributed by atoms with Gasteiger partial charge in [0, 0.05) is 17.4 Å². The Kier molecular flexibility index (Phi) is 4.39. The van der Waals surface area contributed by atoms with Crippen LogP contribution in [0.4, 0.5) is 0 Å². The summed E-state index contributed by atoms with van der Waals surface area (Å²) in [5.41, 5.74) is 3.67. The second-order valence-electron chi connectivity index (χ2n) is 6.00. The average Bonchev–Trinajstić information content (AvgIpc) is 2.97. The monoisotopic (exact) mass is 318 g/mol. The highest BCUT2D eigenvalue weighted by Gasteiger charge is 2.15. The highest BCUT2D eigenvalue weighted by molar-refractivity contribution is 5.84. The van der Waals surface area contributed by atoms with Crippen LogP contribution in [0.1, 0.15) is 29.4 Å². The van der Waals surface area contributed by atoms with Crippen molar-refractivity contribution in [2.75, 3.05) is 0 Å². The molecule has 3 aromatic rings. The largest absolute Gasteiger partial charge is 0.481 e. The van der Waals surface area contributed by atoms with Gasteiger partial charge in [-0.3, -0.25) is 4.79 Å². The molecule has 2 aromatic carbocycles. The molecule has 24 heavy (non-hydrogen) atoms. The number of hydrogen-bond donors (Lipinski definition) is 1. The summed E-state index contributed by atoms with van der Waals surface area (Å²) in [4.78, 5) is 11.0. The van der Waals surface area contributed by atoms with Gasteiger partial charge in [-0.25, -0.2) is 0 Å². The zero-order chi connectivity index (χ0) is 17.1. The molecule has 0 bridgehead atoms. The molecule has 0 unspecified atom stereocenters. The molecule has 0 spiro atoms. The predicted octanol–water partition coefficient (Wildman–Crippen LogP) is 4.40. The highest BCUT2D eigenvalue weighted by Crippen LogP contribution is 2.24. The number of para-hydroxylation sites is 1. The fraction of sp³-hybridized carbons (Fsp3) is 0.190. The zero-order valence-corrected chi connectivity index (χ0v) is 13.7. The Hall–Kier alpha value is -2.99. The maximum Gasteiger partial charge on any atom is 0.306 e. The van der Waals surface area contributed by atoms with Crippen molar-refractivity contribution in [2.24, 2.45) is 5.92 Å². The van der Waals surface area contributed by atoms with Crippen LogP contribution in [0.5, 0.6) is 0 Å². The van der Waals surface area contributed by atoms with Crippen molar-refractivity contribution in [1.82, 2.24) is 0 Å². The van der Waals surface area contributed by atoms with Crippen molar-refractivity contribution in [3.63, 3.8) is 0 Å². The van der Waals surface area contributed by atoms with Crippen LogP contribution < -0.4 is 0 Å². The second kappa shape index (κ2) is 6.64. The minimum atomic E-state index is -0.824. The lowest BCUT2D eigenvalue weighted by Gasteiger charge is -2.01. The van der Waals surface area contributed by atoms with Gasteiger partial charge in [0.2, 0.25) is 0 Å². The molecule has 3 nitrogen and oxygen atoms in total. The van der Waals surface area contributed by atoms with Gasteiger partial charge in [-0.05, 0) is 31.2 Å². The van der Waals surface area contributed by atoms with Gasteiger partial charge in [0.15, 0.2) is 0 Å². The summed E-state index contributed by atoms with van der Waals surface area (Å²) in [6.45, 7) is 3.72. The van der Waals surface area contributed by atoms with Gasteiger partial charge >= 0.3 is 5.97 Å². The minimum Gasteiger partial charge on any atom is -0.481 e. The predicted molar refractivity (Wildman–Crippen MR) is 93.9 cm³/mol. The van der Waals surface area contributed by atoms with E-state index in [4.69, 9.17) is 9.52 Å². The number of benzene rings is 2. The maximum atomic E-state index is 11.0. The molecule has 0 fully saturated rings. The number of aryl methyl sites for hydroxylation is 1. The molecule has 1 heterocycles. The van der Waals surface area contributed by atoms with Crippen LogP contribution in [-0.2, 0) is 11.2 Å². The number of hydrogen-bond acceptors (Lipinski definition) is 2. The number of aliphatic carboxylic acids is 1. The van der Waals surface area contributed by atoms with Crippen LogP contribution in [0, 0.1) is 24.7 Å². The first kappa shape index (κ1) is 15.9. The molecule has 3 heteroatoms. The third-order valence-electron chi connectivity index (χ3n) is 3.92. The number of fused-ring (bicyclic) bond motifs is 1. The fourth-order valence-electron chi connectivity index (χ4n) is 2.48. The third-order valence-corrected chi connectivity index (χ3v) is 3.92. The summed E-state index contributed by atoms with van der Waals surface area (Å²) in [6.07, 6.45) is 0.370. The van der Waals surface area contributed by atoms with E-state index in [-0.39, 0.29) is 0 Å². The normalized spacial score (nSPS) is 11.8. The maximum absolute atomic E-state index is 11.0. The molecule has 1 aromatic heterocycles. The Bertz CT molecular complexity index is 937. The molecule has 1 N–H and O–H groups in total. The molecule has 0 amide bonds. The lowest BCUT2D eigenvalue weighted by atomic mass is 10.1. The standard InChI is InChI=1S/C21H18O3/c1-14-6-8-16(9-7-14)10-11-17-4-3-5-18-13-19(24-20(17)18)12-15(2)21(22)23/h3-9,13,15H,12H2,1-2H3,(H,22,23)/t15-/m0/s1. The van der Waals surface area contributed by atoms with Crippen LogP contribution in [0.25, 0.3) is 11.0 Å². The van der Waals surface area contributed by atoms with E-state index in [1.165, 1.54) is 5.56 Å². The molecule has 3 rings (SSSR count). The van der Waals surface area contributed by atoms with Gasteiger partial charge < -0.3 is 9.52 Å². The van der Waals surface area contributed by atoms with Crippen LogP contribution in [-0.4, -0.2) is 11.1 Å². The van der Waals surface area contributed by atoms with Gasteiger partial charge in [0.05, 0.1) is 11.5 Å². The first-order chi connectivity index (χ1) is 11.5. The van der Waals surface area contributed by atoms with Crippen molar-refractivity contribution < 1.29 is 14.3 Å². The van der Waals surface area contributed by atoms with Crippen molar-refractivity contribution in [2.45, 2.75) is 20.3 Å². The second-order valence-corrected chi connectivity index (χ2v) is 6.00. The molecule has 0 saturated heterocycles. The van der Waals surface area contributed by atoms with Crippen LogP contribution in [0.3, 0.4) is 0 Å². The quantitative estimate of drug-likeness (QED) is 0.728. The molecule has 0 aliphatic carbocycles. The van der Waals surface area contributed by atoms with E-state index in [2.05, 4.69) is 11.8 Å². The molecule has 0 aliphatic rings. The number of rotatable bonds is 3. The first-order valence-electron chi connectivity index (χ1n) is 7.86.